The van der Waals surface area contributed by atoms with Crippen LogP contribution in [-0.2, 0) is 21.4 Å². The highest BCUT2D eigenvalue weighted by Crippen LogP contribution is 2.23. The fourth-order valence-electron chi connectivity index (χ4n) is 4.41. The van der Waals surface area contributed by atoms with Crippen LogP contribution in [0.5, 0.6) is 0 Å². The van der Waals surface area contributed by atoms with E-state index in [0.29, 0.717) is 31.6 Å². The molecular weight excluding hydrogens is 438 g/mol. The van der Waals surface area contributed by atoms with E-state index in [1.165, 1.54) is 12.1 Å². The lowest BCUT2D eigenvalue weighted by molar-refractivity contribution is -0.119. The first-order valence-electron chi connectivity index (χ1n) is 11.7. The van der Waals surface area contributed by atoms with Crippen molar-refractivity contribution >= 4 is 27.5 Å². The molecule has 0 radical (unpaired) electrons. The molecule has 1 N–H and O–H groups in total. The van der Waals surface area contributed by atoms with Crippen molar-refractivity contribution in [3.05, 3.63) is 59.7 Å². The van der Waals surface area contributed by atoms with Crippen molar-refractivity contribution in [1.29, 1.82) is 0 Å². The molecular formula is C25H31N3O4S. The van der Waals surface area contributed by atoms with Crippen LogP contribution in [0, 0.1) is 0 Å². The molecule has 2 amide bonds. The highest BCUT2D eigenvalue weighted by molar-refractivity contribution is 7.89. The third-order valence-electron chi connectivity index (χ3n) is 6.32. The van der Waals surface area contributed by atoms with Crippen molar-refractivity contribution in [2.45, 2.75) is 56.4 Å². The second-order valence-electron chi connectivity index (χ2n) is 8.70. The number of rotatable bonds is 6. The molecule has 0 bridgehead atoms. The molecule has 33 heavy (non-hydrogen) atoms. The Morgan fingerprint density at radius 2 is 1.58 bits per heavy atom. The Bertz CT molecular complexity index is 1090. The molecule has 8 heteroatoms. The lowest BCUT2D eigenvalue weighted by Crippen LogP contribution is -2.35. The van der Waals surface area contributed by atoms with Crippen molar-refractivity contribution in [1.82, 2.24) is 9.62 Å². The Morgan fingerprint density at radius 1 is 0.879 bits per heavy atom. The second kappa shape index (κ2) is 10.5. The normalized spacial score (nSPS) is 18.1. The second-order valence-corrected chi connectivity index (χ2v) is 10.6. The zero-order valence-corrected chi connectivity index (χ0v) is 19.6. The number of carbonyl (C=O) groups is 2. The van der Waals surface area contributed by atoms with E-state index in [0.717, 1.165) is 56.3 Å². The molecule has 2 aliphatic heterocycles. The first kappa shape index (κ1) is 23.4. The first-order valence-corrected chi connectivity index (χ1v) is 13.2. The number of benzene rings is 2. The molecule has 176 valence electrons. The Hall–Kier alpha value is -2.71. The number of nitrogens with zero attached hydrogens (tertiary/aromatic N) is 2. The minimum atomic E-state index is -3.53. The summed E-state index contributed by atoms with van der Waals surface area (Å²) in [5, 5.41) is 2.88. The molecule has 0 atom stereocenters. The first-order chi connectivity index (χ1) is 15.9. The van der Waals surface area contributed by atoms with Gasteiger partial charge in [-0.2, -0.15) is 4.31 Å². The van der Waals surface area contributed by atoms with Crippen molar-refractivity contribution in [3.8, 4) is 0 Å². The molecule has 7 nitrogen and oxygen atoms in total. The highest BCUT2D eigenvalue weighted by atomic mass is 32.2. The van der Waals surface area contributed by atoms with Gasteiger partial charge in [0, 0.05) is 43.9 Å². The fourth-order valence-corrected chi connectivity index (χ4v) is 5.92. The summed E-state index contributed by atoms with van der Waals surface area (Å²) in [6, 6.07) is 13.8. The number of piperidine rings is 1. The average Bonchev–Trinajstić information content (AvgIpc) is 3.13. The van der Waals surface area contributed by atoms with Crippen LogP contribution < -0.4 is 10.2 Å². The summed E-state index contributed by atoms with van der Waals surface area (Å²) in [5.41, 5.74) is 2.17. The molecule has 2 fully saturated rings. The van der Waals surface area contributed by atoms with Gasteiger partial charge in [-0.3, -0.25) is 9.59 Å². The Kier molecular flexibility index (Phi) is 7.45. The maximum Gasteiger partial charge on any atom is 0.251 e. The molecule has 0 aromatic heterocycles. The van der Waals surface area contributed by atoms with Gasteiger partial charge in [0.25, 0.3) is 5.91 Å². The van der Waals surface area contributed by atoms with Crippen LogP contribution in [0.3, 0.4) is 0 Å². The van der Waals surface area contributed by atoms with Gasteiger partial charge in [0.2, 0.25) is 15.9 Å². The van der Waals surface area contributed by atoms with Gasteiger partial charge >= 0.3 is 0 Å². The summed E-state index contributed by atoms with van der Waals surface area (Å²) < 4.78 is 27.4. The van der Waals surface area contributed by atoms with Gasteiger partial charge in [-0.15, -0.1) is 0 Å². The Balaban J connectivity index is 1.38. The summed E-state index contributed by atoms with van der Waals surface area (Å²) in [4.78, 5) is 26.8. The van der Waals surface area contributed by atoms with Crippen LogP contribution >= 0.6 is 0 Å². The minimum Gasteiger partial charge on any atom is -0.348 e. The topological polar surface area (TPSA) is 86.8 Å². The van der Waals surface area contributed by atoms with Crippen molar-refractivity contribution in [2.75, 3.05) is 24.5 Å². The summed E-state index contributed by atoms with van der Waals surface area (Å²) in [6.07, 6.45) is 6.38. The molecule has 0 aliphatic carbocycles. The smallest absolute Gasteiger partial charge is 0.251 e. The maximum absolute atomic E-state index is 12.9. The molecule has 2 aromatic carbocycles. The van der Waals surface area contributed by atoms with Crippen LogP contribution in [0.4, 0.5) is 5.69 Å². The third-order valence-corrected chi connectivity index (χ3v) is 8.23. The number of hydrogen-bond donors (Lipinski definition) is 1. The van der Waals surface area contributed by atoms with Crippen LogP contribution in [0.1, 0.15) is 60.9 Å². The van der Waals surface area contributed by atoms with Crippen LogP contribution in [0.25, 0.3) is 0 Å². The summed E-state index contributed by atoms with van der Waals surface area (Å²) in [7, 11) is -3.53. The van der Waals surface area contributed by atoms with E-state index < -0.39 is 10.0 Å². The third kappa shape index (κ3) is 5.62. The van der Waals surface area contributed by atoms with Gasteiger partial charge in [-0.1, -0.05) is 25.0 Å². The molecule has 2 aromatic rings. The van der Waals surface area contributed by atoms with Crippen LogP contribution in [0.15, 0.2) is 53.4 Å². The lowest BCUT2D eigenvalue weighted by atomic mass is 10.1. The van der Waals surface area contributed by atoms with Crippen LogP contribution in [-0.4, -0.2) is 44.2 Å². The number of nitrogens with one attached hydrogen (secondary N) is 1. The van der Waals surface area contributed by atoms with E-state index in [4.69, 9.17) is 0 Å². The Morgan fingerprint density at radius 3 is 2.27 bits per heavy atom. The quantitative estimate of drug-likeness (QED) is 0.699. The number of amides is 2. The van der Waals surface area contributed by atoms with Crippen LogP contribution in [0.2, 0.25) is 0 Å². The molecule has 0 saturated carbocycles. The van der Waals surface area contributed by atoms with E-state index in [2.05, 4.69) is 5.32 Å². The predicted molar refractivity (Wildman–Crippen MR) is 127 cm³/mol. The van der Waals surface area contributed by atoms with Gasteiger partial charge in [-0.25, -0.2) is 8.42 Å². The zero-order chi connectivity index (χ0) is 23.3. The lowest BCUT2D eigenvalue weighted by Gasteiger charge is -2.27. The maximum atomic E-state index is 12.9. The van der Waals surface area contributed by atoms with Crippen molar-refractivity contribution < 1.29 is 18.0 Å². The van der Waals surface area contributed by atoms with Crippen molar-refractivity contribution in [2.24, 2.45) is 0 Å². The molecule has 2 aliphatic rings. The molecule has 4 rings (SSSR count). The number of hydrogen-bond acceptors (Lipinski definition) is 4. The standard InChI is InChI=1S/C25H31N3O4S/c29-24-10-3-6-17-28(24)22-9-7-8-20(18-22)19-26-25(30)21-11-13-23(14-12-21)33(31,32)27-15-4-1-2-5-16-27/h7-9,11-14,18H,1-6,10,15-17,19H2,(H,26,30). The Labute approximate surface area is 195 Å². The predicted octanol–water partition coefficient (Wildman–Crippen LogP) is 3.70. The highest BCUT2D eigenvalue weighted by Gasteiger charge is 2.25. The number of anilines is 1. The number of carbonyl (C=O) groups excluding carboxylic acids is 2. The molecule has 0 unspecified atom stereocenters. The zero-order valence-electron chi connectivity index (χ0n) is 18.8. The summed E-state index contributed by atoms with van der Waals surface area (Å²) >= 11 is 0. The van der Waals surface area contributed by atoms with Gasteiger partial charge in [-0.05, 0) is 67.6 Å². The molecule has 0 spiro atoms. The van der Waals surface area contributed by atoms with E-state index in [-0.39, 0.29) is 16.7 Å². The molecule has 2 heterocycles. The van der Waals surface area contributed by atoms with E-state index in [1.807, 2.05) is 24.3 Å². The summed E-state index contributed by atoms with van der Waals surface area (Å²) in [5.74, 6) is -0.133. The van der Waals surface area contributed by atoms with E-state index >= 15 is 0 Å². The monoisotopic (exact) mass is 469 g/mol. The van der Waals surface area contributed by atoms with Gasteiger partial charge in [0.1, 0.15) is 0 Å². The SMILES string of the molecule is O=C(NCc1cccc(N2CCCCC2=O)c1)c1ccc(S(=O)(=O)N2CCCCCC2)cc1. The summed E-state index contributed by atoms with van der Waals surface area (Å²) in [6.45, 7) is 2.14. The van der Waals surface area contributed by atoms with Gasteiger partial charge in [0.05, 0.1) is 4.90 Å². The van der Waals surface area contributed by atoms with E-state index in [1.54, 1.807) is 21.3 Å². The molecule has 2 saturated heterocycles. The fraction of sp³-hybridized carbons (Fsp3) is 0.440. The minimum absolute atomic E-state index is 0.137. The average molecular weight is 470 g/mol. The van der Waals surface area contributed by atoms with Gasteiger partial charge < -0.3 is 10.2 Å². The van der Waals surface area contributed by atoms with Gasteiger partial charge in [0.15, 0.2) is 0 Å². The van der Waals surface area contributed by atoms with E-state index in [9.17, 15) is 18.0 Å². The largest absolute Gasteiger partial charge is 0.348 e. The van der Waals surface area contributed by atoms with Crippen molar-refractivity contribution in [3.63, 3.8) is 0 Å². The number of sulfonamides is 1.